The van der Waals surface area contributed by atoms with Gasteiger partial charge in [-0.2, -0.15) is 5.10 Å². The minimum atomic E-state index is -0.629. The molecule has 0 fully saturated rings. The van der Waals surface area contributed by atoms with Gasteiger partial charge in [0.2, 0.25) is 0 Å². The average molecular weight is 372 g/mol. The Kier molecular flexibility index (Phi) is 5.23. The molecule has 8 nitrogen and oxygen atoms in total. The van der Waals surface area contributed by atoms with Gasteiger partial charge in [0, 0.05) is 16.9 Å². The zero-order valence-electron chi connectivity index (χ0n) is 13.7. The molecule has 1 N–H and O–H groups in total. The highest BCUT2D eigenvalue weighted by Crippen LogP contribution is 2.23. The third-order valence-electron chi connectivity index (χ3n) is 3.38. The van der Waals surface area contributed by atoms with Crippen molar-refractivity contribution in [1.29, 1.82) is 0 Å². The molecule has 3 aromatic rings. The minimum absolute atomic E-state index is 0.273. The fourth-order valence-corrected chi connectivity index (χ4v) is 2.30. The predicted octanol–water partition coefficient (Wildman–Crippen LogP) is 2.42. The lowest BCUT2D eigenvalue weighted by Crippen LogP contribution is -2.22. The van der Waals surface area contributed by atoms with Gasteiger partial charge in [-0.15, -0.1) is 0 Å². The highest BCUT2D eigenvalue weighted by molar-refractivity contribution is 6.31. The van der Waals surface area contributed by atoms with E-state index >= 15 is 0 Å². The molecule has 0 bridgehead atoms. The lowest BCUT2D eigenvalue weighted by atomic mass is 10.2. The topological polar surface area (TPSA) is 99.0 Å². The van der Waals surface area contributed by atoms with E-state index in [1.54, 1.807) is 37.3 Å². The van der Waals surface area contributed by atoms with Gasteiger partial charge in [-0.25, -0.2) is 14.5 Å². The summed E-state index contributed by atoms with van der Waals surface area (Å²) < 4.78 is 6.49. The van der Waals surface area contributed by atoms with Crippen molar-refractivity contribution >= 4 is 29.2 Å². The number of esters is 1. The number of aryl methyl sites for hydroxylation is 1. The number of carbonyl (C=O) groups excluding carboxylic acids is 2. The highest BCUT2D eigenvalue weighted by Gasteiger charge is 2.13. The number of benzene rings is 1. The standard InChI is InChI=1S/C17H14ClN5O3/c1-11-2-3-12(7-20-11)17(25)26-8-16(24)22-14-6-13(18)4-5-15(14)23-10-19-9-21-23/h2-7,9-10H,8H2,1H3,(H,22,24). The Labute approximate surface area is 153 Å². The summed E-state index contributed by atoms with van der Waals surface area (Å²) in [6.07, 6.45) is 4.26. The molecule has 1 aromatic carbocycles. The van der Waals surface area contributed by atoms with Crippen molar-refractivity contribution in [2.24, 2.45) is 0 Å². The quantitative estimate of drug-likeness (QED) is 0.691. The third-order valence-corrected chi connectivity index (χ3v) is 3.61. The van der Waals surface area contributed by atoms with Crippen LogP contribution < -0.4 is 5.32 Å². The average Bonchev–Trinajstić information content (AvgIpc) is 3.15. The molecule has 3 rings (SSSR count). The second-order valence-corrected chi connectivity index (χ2v) is 5.75. The van der Waals surface area contributed by atoms with Gasteiger partial charge < -0.3 is 10.1 Å². The molecular formula is C17H14ClN5O3. The number of pyridine rings is 1. The van der Waals surface area contributed by atoms with Crippen LogP contribution in [0, 0.1) is 6.92 Å². The number of nitrogens with zero attached hydrogens (tertiary/aromatic N) is 4. The fourth-order valence-electron chi connectivity index (χ4n) is 2.13. The molecule has 2 heterocycles. The van der Waals surface area contributed by atoms with E-state index in [1.165, 1.54) is 23.5 Å². The van der Waals surface area contributed by atoms with Crippen molar-refractivity contribution in [2.75, 3.05) is 11.9 Å². The van der Waals surface area contributed by atoms with Crippen molar-refractivity contribution in [3.63, 3.8) is 0 Å². The van der Waals surface area contributed by atoms with Crippen LogP contribution in [0.5, 0.6) is 0 Å². The molecule has 9 heteroatoms. The van der Waals surface area contributed by atoms with Crippen molar-refractivity contribution < 1.29 is 14.3 Å². The summed E-state index contributed by atoms with van der Waals surface area (Å²) >= 11 is 5.99. The number of rotatable bonds is 5. The Hall–Kier alpha value is -3.26. The van der Waals surface area contributed by atoms with E-state index in [9.17, 15) is 9.59 Å². The van der Waals surface area contributed by atoms with E-state index in [0.29, 0.717) is 16.4 Å². The Balaban J connectivity index is 1.66. The summed E-state index contributed by atoms with van der Waals surface area (Å²) in [6, 6.07) is 8.20. The molecule has 0 unspecified atom stereocenters. The van der Waals surface area contributed by atoms with Crippen LogP contribution in [-0.2, 0) is 9.53 Å². The first-order chi connectivity index (χ1) is 12.5. The van der Waals surface area contributed by atoms with Gasteiger partial charge in [-0.1, -0.05) is 11.6 Å². The molecular weight excluding hydrogens is 358 g/mol. The van der Waals surface area contributed by atoms with E-state index in [2.05, 4.69) is 20.4 Å². The second kappa shape index (κ2) is 7.75. The van der Waals surface area contributed by atoms with Crippen LogP contribution >= 0.6 is 11.6 Å². The van der Waals surface area contributed by atoms with Crippen molar-refractivity contribution in [3.8, 4) is 5.69 Å². The number of hydrogen-bond acceptors (Lipinski definition) is 6. The number of ether oxygens (including phenoxy) is 1. The van der Waals surface area contributed by atoms with Crippen molar-refractivity contribution in [1.82, 2.24) is 19.7 Å². The normalized spacial score (nSPS) is 10.4. The summed E-state index contributed by atoms with van der Waals surface area (Å²) in [7, 11) is 0. The predicted molar refractivity (Wildman–Crippen MR) is 94.3 cm³/mol. The van der Waals surface area contributed by atoms with Crippen LogP contribution in [-0.4, -0.2) is 38.2 Å². The molecule has 26 heavy (non-hydrogen) atoms. The van der Waals surface area contributed by atoms with E-state index in [1.807, 2.05) is 0 Å². The Morgan fingerprint density at radius 1 is 1.27 bits per heavy atom. The van der Waals surface area contributed by atoms with Gasteiger partial charge in [0.15, 0.2) is 6.61 Å². The largest absolute Gasteiger partial charge is 0.452 e. The first-order valence-corrected chi connectivity index (χ1v) is 7.95. The number of aromatic nitrogens is 4. The maximum Gasteiger partial charge on any atom is 0.340 e. The van der Waals surface area contributed by atoms with E-state index in [-0.39, 0.29) is 5.56 Å². The number of amides is 1. The zero-order chi connectivity index (χ0) is 18.5. The molecule has 1 amide bonds. The third kappa shape index (κ3) is 4.22. The van der Waals surface area contributed by atoms with Gasteiger partial charge in [-0.3, -0.25) is 9.78 Å². The smallest absolute Gasteiger partial charge is 0.340 e. The fraction of sp³-hybridized carbons (Fsp3) is 0.118. The molecule has 0 aliphatic heterocycles. The zero-order valence-corrected chi connectivity index (χ0v) is 14.5. The molecule has 2 aromatic heterocycles. The Morgan fingerprint density at radius 2 is 2.12 bits per heavy atom. The van der Waals surface area contributed by atoms with Gasteiger partial charge >= 0.3 is 5.97 Å². The van der Waals surface area contributed by atoms with Gasteiger partial charge in [0.1, 0.15) is 12.7 Å². The molecule has 0 atom stereocenters. The summed E-state index contributed by atoms with van der Waals surface area (Å²) in [4.78, 5) is 32.0. The van der Waals surface area contributed by atoms with E-state index in [4.69, 9.17) is 16.3 Å². The molecule has 0 aliphatic rings. The van der Waals surface area contributed by atoms with Crippen LogP contribution in [0.4, 0.5) is 5.69 Å². The Bertz CT molecular complexity index is 926. The summed E-state index contributed by atoms with van der Waals surface area (Å²) in [5.74, 6) is -1.14. The number of carbonyl (C=O) groups is 2. The van der Waals surface area contributed by atoms with Crippen molar-refractivity contribution in [3.05, 3.63) is 65.5 Å². The summed E-state index contributed by atoms with van der Waals surface area (Å²) in [5.41, 5.74) is 2.05. The lowest BCUT2D eigenvalue weighted by molar-refractivity contribution is -0.119. The van der Waals surface area contributed by atoms with Crippen LogP contribution in [0.25, 0.3) is 5.69 Å². The number of nitrogens with one attached hydrogen (secondary N) is 1. The number of hydrogen-bond donors (Lipinski definition) is 1. The molecule has 0 radical (unpaired) electrons. The Morgan fingerprint density at radius 3 is 2.81 bits per heavy atom. The van der Waals surface area contributed by atoms with Crippen LogP contribution in [0.15, 0.2) is 49.2 Å². The minimum Gasteiger partial charge on any atom is -0.452 e. The van der Waals surface area contributed by atoms with E-state index in [0.717, 1.165) is 5.69 Å². The maximum atomic E-state index is 12.1. The molecule has 0 spiro atoms. The highest BCUT2D eigenvalue weighted by atomic mass is 35.5. The number of halogens is 1. The molecule has 0 aliphatic carbocycles. The number of anilines is 1. The van der Waals surface area contributed by atoms with Crippen LogP contribution in [0.1, 0.15) is 16.1 Å². The maximum absolute atomic E-state index is 12.1. The summed E-state index contributed by atoms with van der Waals surface area (Å²) in [6.45, 7) is 1.36. The van der Waals surface area contributed by atoms with Crippen LogP contribution in [0.2, 0.25) is 5.02 Å². The first kappa shape index (κ1) is 17.6. The van der Waals surface area contributed by atoms with Gasteiger partial charge in [0.05, 0.1) is 16.9 Å². The van der Waals surface area contributed by atoms with Gasteiger partial charge in [0.25, 0.3) is 5.91 Å². The molecule has 0 saturated heterocycles. The summed E-state index contributed by atoms with van der Waals surface area (Å²) in [5, 5.41) is 7.11. The molecule has 0 saturated carbocycles. The van der Waals surface area contributed by atoms with Gasteiger partial charge in [-0.05, 0) is 37.3 Å². The van der Waals surface area contributed by atoms with E-state index < -0.39 is 18.5 Å². The second-order valence-electron chi connectivity index (χ2n) is 5.31. The monoisotopic (exact) mass is 371 g/mol. The SMILES string of the molecule is Cc1ccc(C(=O)OCC(=O)Nc2cc(Cl)ccc2-n2cncn2)cn1. The lowest BCUT2D eigenvalue weighted by Gasteiger charge is -2.11. The first-order valence-electron chi connectivity index (χ1n) is 7.57. The molecule has 132 valence electrons. The van der Waals surface area contributed by atoms with Crippen LogP contribution in [0.3, 0.4) is 0 Å². The van der Waals surface area contributed by atoms with Crippen molar-refractivity contribution in [2.45, 2.75) is 6.92 Å².